The lowest BCUT2D eigenvalue weighted by molar-refractivity contribution is -0.123. The Kier molecular flexibility index (Phi) is 8.13. The van der Waals surface area contributed by atoms with Gasteiger partial charge < -0.3 is 14.8 Å². The van der Waals surface area contributed by atoms with Gasteiger partial charge in [-0.1, -0.05) is 23.7 Å². The van der Waals surface area contributed by atoms with E-state index in [2.05, 4.69) is 10.0 Å². The molecular formula is C23H22ClFN2O5S. The van der Waals surface area contributed by atoms with Crippen LogP contribution in [0.3, 0.4) is 0 Å². The van der Waals surface area contributed by atoms with Crippen LogP contribution in [0.1, 0.15) is 12.5 Å². The van der Waals surface area contributed by atoms with Gasteiger partial charge >= 0.3 is 0 Å². The second kappa shape index (κ2) is 11.0. The van der Waals surface area contributed by atoms with Crippen molar-refractivity contribution in [3.63, 3.8) is 0 Å². The number of halogens is 2. The molecule has 1 amide bonds. The maximum atomic E-state index is 12.9. The lowest BCUT2D eigenvalue weighted by Crippen LogP contribution is -2.28. The summed E-state index contributed by atoms with van der Waals surface area (Å²) >= 11 is 6.16. The molecule has 10 heteroatoms. The van der Waals surface area contributed by atoms with E-state index in [9.17, 15) is 17.6 Å². The van der Waals surface area contributed by atoms with E-state index in [4.69, 9.17) is 21.1 Å². The standard InChI is InChI=1S/C23H22ClFN2O5S/c1-2-31-19-9-7-18(8-10-19)27-33(29,30)20-11-12-22(21(24)13-20)32-15-23(28)26-14-16-3-5-17(25)6-4-16/h3-13,27H,2,14-15H2,1H3,(H,26,28). The largest absolute Gasteiger partial charge is 0.494 e. The molecule has 7 nitrogen and oxygen atoms in total. The molecule has 174 valence electrons. The zero-order valence-electron chi connectivity index (χ0n) is 17.7. The van der Waals surface area contributed by atoms with Gasteiger partial charge in [-0.2, -0.15) is 0 Å². The van der Waals surface area contributed by atoms with Gasteiger partial charge in [0.2, 0.25) is 0 Å². The number of benzene rings is 3. The van der Waals surface area contributed by atoms with Gasteiger partial charge in [0.1, 0.15) is 17.3 Å². The summed E-state index contributed by atoms with van der Waals surface area (Å²) in [5.41, 5.74) is 1.10. The van der Waals surface area contributed by atoms with Gasteiger partial charge in [-0.25, -0.2) is 12.8 Å². The Bertz CT molecular complexity index is 1200. The van der Waals surface area contributed by atoms with Gasteiger partial charge in [0.25, 0.3) is 15.9 Å². The fourth-order valence-electron chi connectivity index (χ4n) is 2.76. The van der Waals surface area contributed by atoms with Crippen molar-refractivity contribution in [3.05, 3.63) is 83.1 Å². The van der Waals surface area contributed by atoms with Gasteiger partial charge in [-0.15, -0.1) is 0 Å². The molecular weight excluding hydrogens is 471 g/mol. The maximum absolute atomic E-state index is 12.9. The minimum absolute atomic E-state index is 0.0379. The molecule has 3 rings (SSSR count). The highest BCUT2D eigenvalue weighted by Crippen LogP contribution is 2.28. The van der Waals surface area contributed by atoms with E-state index in [0.717, 1.165) is 5.56 Å². The first-order valence-corrected chi connectivity index (χ1v) is 11.8. The van der Waals surface area contributed by atoms with E-state index in [1.807, 2.05) is 6.92 Å². The van der Waals surface area contributed by atoms with Gasteiger partial charge in [-0.3, -0.25) is 9.52 Å². The number of carbonyl (C=O) groups is 1. The molecule has 3 aromatic rings. The predicted molar refractivity (Wildman–Crippen MR) is 124 cm³/mol. The summed E-state index contributed by atoms with van der Waals surface area (Å²) in [6.45, 7) is 2.25. The summed E-state index contributed by atoms with van der Waals surface area (Å²) < 4.78 is 51.4. The van der Waals surface area contributed by atoms with E-state index < -0.39 is 15.9 Å². The Morgan fingerprint density at radius 1 is 1.00 bits per heavy atom. The predicted octanol–water partition coefficient (Wildman–Crippen LogP) is 4.37. The number of hydrogen-bond donors (Lipinski definition) is 2. The van der Waals surface area contributed by atoms with Crippen molar-refractivity contribution >= 4 is 33.2 Å². The molecule has 0 saturated carbocycles. The zero-order valence-corrected chi connectivity index (χ0v) is 19.3. The Hall–Kier alpha value is -3.30. The fraction of sp³-hybridized carbons (Fsp3) is 0.174. The molecule has 33 heavy (non-hydrogen) atoms. The SMILES string of the molecule is CCOc1ccc(NS(=O)(=O)c2ccc(OCC(=O)NCc3ccc(F)cc3)c(Cl)c2)cc1. The van der Waals surface area contributed by atoms with Crippen molar-refractivity contribution in [2.24, 2.45) is 0 Å². The number of ether oxygens (including phenoxy) is 2. The molecule has 0 bridgehead atoms. The molecule has 0 saturated heterocycles. The Balaban J connectivity index is 1.56. The minimum atomic E-state index is -3.89. The summed E-state index contributed by atoms with van der Waals surface area (Å²) in [6.07, 6.45) is 0. The van der Waals surface area contributed by atoms with Crippen molar-refractivity contribution in [2.75, 3.05) is 17.9 Å². The Morgan fingerprint density at radius 2 is 1.70 bits per heavy atom. The van der Waals surface area contributed by atoms with Crippen molar-refractivity contribution < 1.29 is 27.1 Å². The molecule has 0 heterocycles. The number of nitrogens with one attached hydrogen (secondary N) is 2. The lowest BCUT2D eigenvalue weighted by atomic mass is 10.2. The van der Waals surface area contributed by atoms with E-state index in [0.29, 0.717) is 18.0 Å². The highest BCUT2D eigenvalue weighted by molar-refractivity contribution is 7.92. The van der Waals surface area contributed by atoms with Crippen LogP contribution in [-0.2, 0) is 21.4 Å². The molecule has 3 aromatic carbocycles. The fourth-order valence-corrected chi connectivity index (χ4v) is 4.15. The first-order chi connectivity index (χ1) is 15.8. The molecule has 0 fully saturated rings. The second-order valence-corrected chi connectivity index (χ2v) is 8.94. The van der Waals surface area contributed by atoms with Crippen LogP contribution in [0.25, 0.3) is 0 Å². The highest BCUT2D eigenvalue weighted by atomic mass is 35.5. The minimum Gasteiger partial charge on any atom is -0.494 e. The molecule has 2 N–H and O–H groups in total. The quantitative estimate of drug-likeness (QED) is 0.438. The number of anilines is 1. The van der Waals surface area contributed by atoms with Gasteiger partial charge in [-0.05, 0) is 67.1 Å². The van der Waals surface area contributed by atoms with Crippen LogP contribution in [0.2, 0.25) is 5.02 Å². The topological polar surface area (TPSA) is 93.7 Å². The number of sulfonamides is 1. The summed E-state index contributed by atoms with van der Waals surface area (Å²) in [4.78, 5) is 11.9. The van der Waals surface area contributed by atoms with Crippen molar-refractivity contribution in [1.29, 1.82) is 0 Å². The van der Waals surface area contributed by atoms with Gasteiger partial charge in [0, 0.05) is 12.2 Å². The summed E-state index contributed by atoms with van der Waals surface area (Å²) in [6, 6.07) is 16.2. The number of amides is 1. The molecule has 0 aliphatic rings. The van der Waals surface area contributed by atoms with Crippen molar-refractivity contribution in [3.8, 4) is 11.5 Å². The number of hydrogen-bond acceptors (Lipinski definition) is 5. The number of rotatable bonds is 10. The second-order valence-electron chi connectivity index (χ2n) is 6.85. The summed E-state index contributed by atoms with van der Waals surface area (Å²) in [5.74, 6) is 0.0211. The first kappa shape index (κ1) is 24.3. The van der Waals surface area contributed by atoms with Crippen LogP contribution < -0.4 is 19.5 Å². The Labute approximate surface area is 196 Å². The molecule has 0 atom stereocenters. The lowest BCUT2D eigenvalue weighted by Gasteiger charge is -2.12. The third-order valence-electron chi connectivity index (χ3n) is 4.39. The molecule has 0 spiro atoms. The van der Waals surface area contributed by atoms with Crippen LogP contribution in [0, 0.1) is 5.82 Å². The van der Waals surface area contributed by atoms with Crippen LogP contribution in [-0.4, -0.2) is 27.5 Å². The van der Waals surface area contributed by atoms with Crippen LogP contribution in [0.4, 0.5) is 10.1 Å². The third-order valence-corrected chi connectivity index (χ3v) is 6.07. The maximum Gasteiger partial charge on any atom is 0.261 e. The molecule has 0 aromatic heterocycles. The van der Waals surface area contributed by atoms with Crippen molar-refractivity contribution in [1.82, 2.24) is 5.32 Å². The van der Waals surface area contributed by atoms with Crippen LogP contribution in [0.15, 0.2) is 71.6 Å². The number of carbonyl (C=O) groups excluding carboxylic acids is 1. The normalized spacial score (nSPS) is 11.0. The first-order valence-electron chi connectivity index (χ1n) is 9.96. The van der Waals surface area contributed by atoms with E-state index in [-0.39, 0.29) is 34.6 Å². The smallest absolute Gasteiger partial charge is 0.261 e. The average Bonchev–Trinajstić information content (AvgIpc) is 2.79. The molecule has 0 radical (unpaired) electrons. The van der Waals surface area contributed by atoms with Crippen LogP contribution >= 0.6 is 11.6 Å². The van der Waals surface area contributed by atoms with Gasteiger partial charge in [0.05, 0.1) is 16.5 Å². The highest BCUT2D eigenvalue weighted by Gasteiger charge is 2.17. The monoisotopic (exact) mass is 492 g/mol. The summed E-state index contributed by atoms with van der Waals surface area (Å²) in [5, 5.41) is 2.68. The summed E-state index contributed by atoms with van der Waals surface area (Å²) in [7, 11) is -3.89. The third kappa shape index (κ3) is 7.10. The van der Waals surface area contributed by atoms with E-state index in [1.165, 1.54) is 30.3 Å². The average molecular weight is 493 g/mol. The van der Waals surface area contributed by atoms with Gasteiger partial charge in [0.15, 0.2) is 6.61 Å². The van der Waals surface area contributed by atoms with Crippen molar-refractivity contribution in [2.45, 2.75) is 18.4 Å². The van der Waals surface area contributed by atoms with E-state index >= 15 is 0 Å². The van der Waals surface area contributed by atoms with E-state index in [1.54, 1.807) is 36.4 Å². The Morgan fingerprint density at radius 3 is 2.33 bits per heavy atom. The zero-order chi connectivity index (χ0) is 23.8. The van der Waals surface area contributed by atoms with Crippen LogP contribution in [0.5, 0.6) is 11.5 Å². The molecule has 0 aliphatic carbocycles. The molecule has 0 unspecified atom stereocenters. The molecule has 0 aliphatic heterocycles.